The predicted molar refractivity (Wildman–Crippen MR) is 70.5 cm³/mol. The third-order valence-electron chi connectivity index (χ3n) is 3.07. The van der Waals surface area contributed by atoms with Gasteiger partial charge in [0.1, 0.15) is 0 Å². The van der Waals surface area contributed by atoms with Crippen molar-refractivity contribution in [3.8, 4) is 0 Å². The van der Waals surface area contributed by atoms with E-state index < -0.39 is 16.4 Å². The average molecular weight is 270 g/mol. The number of rotatable bonds is 7. The van der Waals surface area contributed by atoms with Crippen LogP contribution in [0.25, 0.3) is 0 Å². The van der Waals surface area contributed by atoms with Gasteiger partial charge >= 0.3 is 5.69 Å². The molecule has 1 unspecified atom stereocenters. The third-order valence-corrected chi connectivity index (χ3v) is 3.07. The molecular formula is C13H19FN2O3. The van der Waals surface area contributed by atoms with Crippen molar-refractivity contribution in [1.82, 2.24) is 4.90 Å². The van der Waals surface area contributed by atoms with Gasteiger partial charge in [-0.05, 0) is 13.5 Å². The van der Waals surface area contributed by atoms with E-state index in [1.54, 1.807) is 13.2 Å². The second-order valence-corrected chi connectivity index (χ2v) is 4.37. The van der Waals surface area contributed by atoms with E-state index in [4.69, 9.17) is 4.74 Å². The molecule has 0 aromatic heterocycles. The number of nitro groups is 1. The second-order valence-electron chi connectivity index (χ2n) is 4.37. The Morgan fingerprint density at radius 2 is 2.21 bits per heavy atom. The van der Waals surface area contributed by atoms with Crippen molar-refractivity contribution in [2.75, 3.05) is 20.3 Å². The molecule has 0 aliphatic heterocycles. The molecule has 0 aliphatic rings. The van der Waals surface area contributed by atoms with Gasteiger partial charge in [-0.15, -0.1) is 0 Å². The predicted octanol–water partition coefficient (Wildman–Crippen LogP) is 2.59. The Morgan fingerprint density at radius 3 is 2.74 bits per heavy atom. The Bertz CT molecular complexity index is 440. The Morgan fingerprint density at radius 1 is 1.53 bits per heavy atom. The van der Waals surface area contributed by atoms with Crippen LogP contribution in [0.4, 0.5) is 10.1 Å². The number of benzene rings is 1. The molecule has 0 fully saturated rings. The van der Waals surface area contributed by atoms with Gasteiger partial charge in [0.2, 0.25) is 5.82 Å². The van der Waals surface area contributed by atoms with Crippen molar-refractivity contribution in [2.45, 2.75) is 26.4 Å². The summed E-state index contributed by atoms with van der Waals surface area (Å²) < 4.78 is 19.0. The first-order valence-electron chi connectivity index (χ1n) is 6.16. The lowest BCUT2D eigenvalue weighted by Crippen LogP contribution is -2.35. The van der Waals surface area contributed by atoms with Gasteiger partial charge in [-0.25, -0.2) is 0 Å². The zero-order valence-electron chi connectivity index (χ0n) is 11.4. The van der Waals surface area contributed by atoms with Crippen LogP contribution in [-0.4, -0.2) is 36.1 Å². The van der Waals surface area contributed by atoms with Crippen LogP contribution in [0.15, 0.2) is 18.2 Å². The van der Waals surface area contributed by atoms with Crippen LogP contribution < -0.4 is 0 Å². The van der Waals surface area contributed by atoms with E-state index in [2.05, 4.69) is 0 Å². The van der Waals surface area contributed by atoms with Crippen LogP contribution in [0.5, 0.6) is 0 Å². The second kappa shape index (κ2) is 7.16. The first-order valence-corrected chi connectivity index (χ1v) is 6.16. The number of ether oxygens (including phenoxy) is 1. The van der Waals surface area contributed by atoms with Crippen molar-refractivity contribution < 1.29 is 14.1 Å². The highest BCUT2D eigenvalue weighted by atomic mass is 19.1. The molecule has 19 heavy (non-hydrogen) atoms. The smallest absolute Gasteiger partial charge is 0.305 e. The fourth-order valence-electron chi connectivity index (χ4n) is 1.97. The van der Waals surface area contributed by atoms with Crippen molar-refractivity contribution in [3.63, 3.8) is 0 Å². The third kappa shape index (κ3) is 3.97. The van der Waals surface area contributed by atoms with Crippen LogP contribution in [0.3, 0.4) is 0 Å². The molecular weight excluding hydrogens is 251 g/mol. The van der Waals surface area contributed by atoms with Crippen molar-refractivity contribution in [3.05, 3.63) is 39.7 Å². The van der Waals surface area contributed by atoms with E-state index in [-0.39, 0.29) is 6.04 Å². The van der Waals surface area contributed by atoms with Crippen LogP contribution in [0, 0.1) is 15.9 Å². The summed E-state index contributed by atoms with van der Waals surface area (Å²) in [4.78, 5) is 12.0. The van der Waals surface area contributed by atoms with Crippen LogP contribution in [0.2, 0.25) is 0 Å². The summed E-state index contributed by atoms with van der Waals surface area (Å²) in [6.45, 7) is 5.51. The summed E-state index contributed by atoms with van der Waals surface area (Å²) in [7, 11) is 1.61. The molecule has 1 aromatic carbocycles. The topological polar surface area (TPSA) is 55.6 Å². The maximum atomic E-state index is 14.0. The van der Waals surface area contributed by atoms with E-state index in [0.29, 0.717) is 25.3 Å². The van der Waals surface area contributed by atoms with Gasteiger partial charge in [0.25, 0.3) is 0 Å². The molecule has 0 amide bonds. The molecule has 1 rings (SSSR count). The molecule has 0 N–H and O–H groups in total. The van der Waals surface area contributed by atoms with Crippen LogP contribution in [-0.2, 0) is 11.3 Å². The summed E-state index contributed by atoms with van der Waals surface area (Å²) in [5.74, 6) is -0.754. The summed E-state index contributed by atoms with van der Waals surface area (Å²) in [6, 6.07) is 4.37. The maximum absolute atomic E-state index is 14.0. The number of hydrogen-bond donors (Lipinski definition) is 0. The highest BCUT2D eigenvalue weighted by Crippen LogP contribution is 2.21. The number of nitro benzene ring substituents is 1. The molecule has 6 heteroatoms. The average Bonchev–Trinajstić information content (AvgIpc) is 2.37. The van der Waals surface area contributed by atoms with E-state index in [1.165, 1.54) is 12.1 Å². The number of halogens is 1. The Labute approximate surface area is 112 Å². The van der Waals surface area contributed by atoms with Gasteiger partial charge in [0.05, 0.1) is 11.5 Å². The molecule has 5 nitrogen and oxygen atoms in total. The molecule has 1 atom stereocenters. The highest BCUT2D eigenvalue weighted by molar-refractivity contribution is 5.36. The van der Waals surface area contributed by atoms with E-state index >= 15 is 0 Å². The fraction of sp³-hybridized carbons (Fsp3) is 0.538. The standard InChI is InChI=1S/C13H19FN2O3/c1-4-15(10(2)9-19-3)8-11-6-5-7-12(13(11)14)16(17)18/h5-7,10H,4,8-9H2,1-3H3. The molecule has 0 saturated carbocycles. The van der Waals surface area contributed by atoms with Crippen LogP contribution in [0.1, 0.15) is 19.4 Å². The van der Waals surface area contributed by atoms with Gasteiger partial charge in [0.15, 0.2) is 0 Å². The highest BCUT2D eigenvalue weighted by Gasteiger charge is 2.20. The first kappa shape index (κ1) is 15.5. The Hall–Kier alpha value is -1.53. The van der Waals surface area contributed by atoms with Gasteiger partial charge in [-0.1, -0.05) is 19.1 Å². The van der Waals surface area contributed by atoms with Crippen molar-refractivity contribution >= 4 is 5.69 Å². The lowest BCUT2D eigenvalue weighted by Gasteiger charge is -2.27. The van der Waals surface area contributed by atoms with E-state index in [0.717, 1.165) is 0 Å². The summed E-state index contributed by atoms with van der Waals surface area (Å²) in [6.07, 6.45) is 0. The quantitative estimate of drug-likeness (QED) is 0.564. The van der Waals surface area contributed by atoms with Gasteiger partial charge in [-0.3, -0.25) is 15.0 Å². The zero-order chi connectivity index (χ0) is 14.4. The molecule has 1 aromatic rings. The monoisotopic (exact) mass is 270 g/mol. The van der Waals surface area contributed by atoms with Crippen molar-refractivity contribution in [2.24, 2.45) is 0 Å². The minimum Gasteiger partial charge on any atom is -0.383 e. The zero-order valence-corrected chi connectivity index (χ0v) is 11.4. The SMILES string of the molecule is CCN(Cc1cccc([N+](=O)[O-])c1F)C(C)COC. The molecule has 0 bridgehead atoms. The number of nitrogens with zero attached hydrogens (tertiary/aromatic N) is 2. The fourth-order valence-corrected chi connectivity index (χ4v) is 1.97. The van der Waals surface area contributed by atoms with Gasteiger partial charge < -0.3 is 4.74 Å². The first-order chi connectivity index (χ1) is 9.01. The Balaban J connectivity index is 2.91. The van der Waals surface area contributed by atoms with E-state index in [1.807, 2.05) is 18.7 Å². The number of hydrogen-bond acceptors (Lipinski definition) is 4. The lowest BCUT2D eigenvalue weighted by atomic mass is 10.1. The largest absolute Gasteiger partial charge is 0.383 e. The normalized spacial score (nSPS) is 12.7. The van der Waals surface area contributed by atoms with Gasteiger partial charge in [0, 0.05) is 31.3 Å². The molecule has 0 aliphatic carbocycles. The number of methoxy groups -OCH3 is 1. The summed E-state index contributed by atoms with van der Waals surface area (Å²) in [5, 5.41) is 10.7. The minimum absolute atomic E-state index is 0.119. The molecule has 0 heterocycles. The lowest BCUT2D eigenvalue weighted by molar-refractivity contribution is -0.387. The van der Waals surface area contributed by atoms with E-state index in [9.17, 15) is 14.5 Å². The minimum atomic E-state index is -0.754. The summed E-state index contributed by atoms with van der Waals surface area (Å²) in [5.41, 5.74) is -0.146. The molecule has 0 spiro atoms. The Kier molecular flexibility index (Phi) is 5.85. The van der Waals surface area contributed by atoms with Crippen LogP contribution >= 0.6 is 0 Å². The number of likely N-dealkylation sites (N-methyl/N-ethyl adjacent to an activating group) is 1. The molecule has 0 radical (unpaired) electrons. The molecule has 0 saturated heterocycles. The van der Waals surface area contributed by atoms with Crippen molar-refractivity contribution in [1.29, 1.82) is 0 Å². The van der Waals surface area contributed by atoms with Gasteiger partial charge in [-0.2, -0.15) is 4.39 Å². The molecule has 106 valence electrons. The maximum Gasteiger partial charge on any atom is 0.305 e. The summed E-state index contributed by atoms with van der Waals surface area (Å²) >= 11 is 0.